The van der Waals surface area contributed by atoms with Gasteiger partial charge in [0.15, 0.2) is 9.76 Å². The maximum absolute atomic E-state index is 6.46. The number of benzene rings is 1. The number of nitrogens with zero attached hydrogens (tertiary/aromatic N) is 1. The van der Waals surface area contributed by atoms with E-state index in [1.807, 2.05) is 18.2 Å². The predicted octanol–water partition coefficient (Wildman–Crippen LogP) is 5.19. The molecule has 0 fully saturated rings. The summed E-state index contributed by atoms with van der Waals surface area (Å²) < 4.78 is 12.4. The van der Waals surface area contributed by atoms with Gasteiger partial charge in [0.05, 0.1) is 11.8 Å². The molecule has 0 aliphatic carbocycles. The molecule has 4 nitrogen and oxygen atoms in total. The standard InChI is InChI=1S/C23H32N2O2Si/c1-16(2)22(3,4)23(5,27-28-6)20-13-18-12-19(14-24-21(18)25-20)26-15-17-10-8-7-9-11-17/h7-14,16H,15,28H2,1-6H3,(H,24,25). The number of nitrogens with one attached hydrogen (secondary N) is 1. The molecular formula is C23H32N2O2Si. The van der Waals surface area contributed by atoms with Crippen LogP contribution in [0.2, 0.25) is 6.55 Å². The summed E-state index contributed by atoms with van der Waals surface area (Å²) in [6, 6.07) is 14.4. The van der Waals surface area contributed by atoms with Gasteiger partial charge in [0, 0.05) is 16.5 Å². The van der Waals surface area contributed by atoms with Crippen molar-refractivity contribution in [2.24, 2.45) is 11.3 Å². The first-order chi connectivity index (χ1) is 13.3. The third-order valence-corrected chi connectivity index (χ3v) is 7.18. The van der Waals surface area contributed by atoms with E-state index in [9.17, 15) is 0 Å². The highest BCUT2D eigenvalue weighted by Crippen LogP contribution is 2.47. The maximum atomic E-state index is 6.46. The molecule has 2 aromatic heterocycles. The van der Waals surface area contributed by atoms with Crippen LogP contribution in [0.15, 0.2) is 48.7 Å². The van der Waals surface area contributed by atoms with Gasteiger partial charge in [-0.1, -0.05) is 64.6 Å². The Morgan fingerprint density at radius 2 is 1.82 bits per heavy atom. The molecule has 3 rings (SSSR count). The van der Waals surface area contributed by atoms with Crippen LogP contribution in [-0.2, 0) is 16.6 Å². The zero-order valence-corrected chi connectivity index (χ0v) is 19.3. The van der Waals surface area contributed by atoms with Crippen molar-refractivity contribution in [1.82, 2.24) is 9.97 Å². The first-order valence-electron chi connectivity index (χ1n) is 10.1. The summed E-state index contributed by atoms with van der Waals surface area (Å²) in [7, 11) is -0.593. The van der Waals surface area contributed by atoms with Gasteiger partial charge in [0.2, 0.25) is 0 Å². The Balaban J connectivity index is 1.90. The number of hydrogen-bond donors (Lipinski definition) is 1. The van der Waals surface area contributed by atoms with Crippen LogP contribution in [-0.4, -0.2) is 19.7 Å². The molecule has 5 heteroatoms. The summed E-state index contributed by atoms with van der Waals surface area (Å²) in [5.41, 5.74) is 2.69. The molecule has 1 atom stereocenters. The molecule has 0 bridgehead atoms. The molecule has 0 amide bonds. The van der Waals surface area contributed by atoms with Crippen molar-refractivity contribution in [3.63, 3.8) is 0 Å². The lowest BCUT2D eigenvalue weighted by Crippen LogP contribution is -2.46. The number of H-pyrrole nitrogens is 1. The highest BCUT2D eigenvalue weighted by Gasteiger charge is 2.46. The van der Waals surface area contributed by atoms with E-state index in [1.54, 1.807) is 6.20 Å². The Kier molecular flexibility index (Phi) is 5.96. The lowest BCUT2D eigenvalue weighted by Gasteiger charge is -2.46. The van der Waals surface area contributed by atoms with Gasteiger partial charge in [-0.25, -0.2) is 4.98 Å². The third kappa shape index (κ3) is 3.87. The molecule has 0 saturated carbocycles. The minimum absolute atomic E-state index is 0.0243. The van der Waals surface area contributed by atoms with Crippen molar-refractivity contribution in [3.05, 3.63) is 59.9 Å². The molecule has 1 unspecified atom stereocenters. The average molecular weight is 397 g/mol. The van der Waals surface area contributed by atoms with Crippen LogP contribution in [0.25, 0.3) is 11.0 Å². The van der Waals surface area contributed by atoms with Gasteiger partial charge in [-0.15, -0.1) is 0 Å². The Hall–Kier alpha value is -2.11. The number of aromatic amines is 1. The van der Waals surface area contributed by atoms with E-state index < -0.39 is 9.76 Å². The molecule has 0 radical (unpaired) electrons. The van der Waals surface area contributed by atoms with Crippen molar-refractivity contribution in [2.75, 3.05) is 0 Å². The number of fused-ring (bicyclic) bond motifs is 1. The highest BCUT2D eigenvalue weighted by atomic mass is 28.2. The predicted molar refractivity (Wildman–Crippen MR) is 118 cm³/mol. The zero-order valence-electron chi connectivity index (χ0n) is 17.9. The summed E-state index contributed by atoms with van der Waals surface area (Å²) >= 11 is 0. The van der Waals surface area contributed by atoms with Crippen LogP contribution >= 0.6 is 0 Å². The van der Waals surface area contributed by atoms with Crippen LogP contribution in [0.3, 0.4) is 0 Å². The summed E-state index contributed by atoms with van der Waals surface area (Å²) in [5.74, 6) is 1.25. The normalized spacial score (nSPS) is 14.8. The highest BCUT2D eigenvalue weighted by molar-refractivity contribution is 6.25. The molecule has 1 N–H and O–H groups in total. The second-order valence-corrected chi connectivity index (χ2v) is 9.27. The van der Waals surface area contributed by atoms with E-state index >= 15 is 0 Å². The summed E-state index contributed by atoms with van der Waals surface area (Å²) in [5, 5.41) is 1.05. The summed E-state index contributed by atoms with van der Waals surface area (Å²) in [6.45, 7) is 14.0. The summed E-state index contributed by atoms with van der Waals surface area (Å²) in [4.78, 5) is 8.10. The molecule has 3 aromatic rings. The third-order valence-electron chi connectivity index (χ3n) is 6.31. The van der Waals surface area contributed by atoms with Gasteiger partial charge in [-0.2, -0.15) is 0 Å². The van der Waals surface area contributed by atoms with Crippen molar-refractivity contribution in [3.8, 4) is 5.75 Å². The first kappa shape index (κ1) is 20.6. The number of pyridine rings is 1. The van der Waals surface area contributed by atoms with E-state index in [0.717, 1.165) is 28.0 Å². The van der Waals surface area contributed by atoms with Gasteiger partial charge in [0.25, 0.3) is 0 Å². The number of aromatic nitrogens is 2. The van der Waals surface area contributed by atoms with Crippen molar-refractivity contribution < 1.29 is 9.16 Å². The smallest absolute Gasteiger partial charge is 0.159 e. The van der Waals surface area contributed by atoms with Crippen LogP contribution in [0.5, 0.6) is 5.75 Å². The van der Waals surface area contributed by atoms with E-state index in [4.69, 9.17) is 9.16 Å². The lowest BCUT2D eigenvalue weighted by molar-refractivity contribution is -0.0608. The second kappa shape index (κ2) is 8.09. The lowest BCUT2D eigenvalue weighted by atomic mass is 9.67. The Morgan fingerprint density at radius 1 is 1.11 bits per heavy atom. The summed E-state index contributed by atoms with van der Waals surface area (Å²) in [6.07, 6.45) is 1.78. The molecule has 0 saturated heterocycles. The van der Waals surface area contributed by atoms with Gasteiger partial charge < -0.3 is 14.1 Å². The second-order valence-electron chi connectivity index (χ2n) is 8.41. The Morgan fingerprint density at radius 3 is 2.46 bits per heavy atom. The van der Waals surface area contributed by atoms with Crippen molar-refractivity contribution in [1.29, 1.82) is 0 Å². The maximum Gasteiger partial charge on any atom is 0.159 e. The van der Waals surface area contributed by atoms with Gasteiger partial charge in [0.1, 0.15) is 18.0 Å². The minimum atomic E-state index is -0.593. The topological polar surface area (TPSA) is 47.1 Å². The fourth-order valence-corrected chi connectivity index (χ4v) is 4.63. The van der Waals surface area contributed by atoms with E-state index in [2.05, 4.69) is 75.4 Å². The van der Waals surface area contributed by atoms with E-state index in [1.165, 1.54) is 0 Å². The van der Waals surface area contributed by atoms with Crippen LogP contribution in [0.4, 0.5) is 0 Å². The van der Waals surface area contributed by atoms with Crippen molar-refractivity contribution in [2.45, 2.75) is 53.4 Å². The molecule has 28 heavy (non-hydrogen) atoms. The van der Waals surface area contributed by atoms with Crippen LogP contribution < -0.4 is 4.74 Å². The van der Waals surface area contributed by atoms with E-state index in [-0.39, 0.29) is 11.0 Å². The fourth-order valence-electron chi connectivity index (χ4n) is 3.52. The Bertz CT molecular complexity index is 921. The Labute approximate surface area is 170 Å². The SMILES string of the molecule is C[SiH2]OC(C)(c1cc2cc(OCc3ccccc3)cnc2[nH]1)C(C)(C)C(C)C. The molecular weight excluding hydrogens is 364 g/mol. The van der Waals surface area contributed by atoms with Crippen LogP contribution in [0, 0.1) is 11.3 Å². The van der Waals surface area contributed by atoms with Gasteiger partial charge in [-0.3, -0.25) is 0 Å². The molecule has 0 aliphatic heterocycles. The number of ether oxygens (including phenoxy) is 1. The zero-order chi connectivity index (χ0) is 20.4. The van der Waals surface area contributed by atoms with Crippen LogP contribution in [0.1, 0.15) is 45.9 Å². The molecule has 1 aromatic carbocycles. The van der Waals surface area contributed by atoms with E-state index in [0.29, 0.717) is 12.5 Å². The first-order valence-corrected chi connectivity index (χ1v) is 12.1. The van der Waals surface area contributed by atoms with Crippen molar-refractivity contribution >= 4 is 20.8 Å². The van der Waals surface area contributed by atoms with Gasteiger partial charge in [-0.05, 0) is 30.5 Å². The molecule has 150 valence electrons. The monoisotopic (exact) mass is 396 g/mol. The number of hydrogen-bond acceptors (Lipinski definition) is 3. The largest absolute Gasteiger partial charge is 0.487 e. The molecule has 0 spiro atoms. The van der Waals surface area contributed by atoms with Gasteiger partial charge >= 0.3 is 0 Å². The molecule has 2 heterocycles. The molecule has 0 aliphatic rings. The average Bonchev–Trinajstić information content (AvgIpc) is 3.11. The number of rotatable bonds is 8. The quantitative estimate of drug-likeness (QED) is 0.533. The fraction of sp³-hybridized carbons (Fsp3) is 0.435. The minimum Gasteiger partial charge on any atom is -0.487 e.